The molecule has 1 unspecified atom stereocenters. The van der Waals surface area contributed by atoms with Crippen molar-refractivity contribution >= 4 is 0 Å². The van der Waals surface area contributed by atoms with Crippen LogP contribution in [-0.2, 0) is 6.42 Å². The van der Waals surface area contributed by atoms with Crippen molar-refractivity contribution in [3.63, 3.8) is 0 Å². The number of benzene rings is 1. The summed E-state index contributed by atoms with van der Waals surface area (Å²) >= 11 is 0. The number of halogens is 3. The van der Waals surface area contributed by atoms with Gasteiger partial charge in [-0.1, -0.05) is 30.3 Å². The second-order valence-corrected chi connectivity index (χ2v) is 4.43. The van der Waals surface area contributed by atoms with E-state index in [1.165, 1.54) is 0 Å². The second kappa shape index (κ2) is 6.05. The van der Waals surface area contributed by atoms with Gasteiger partial charge in [0.25, 0.3) is 0 Å². The van der Waals surface area contributed by atoms with E-state index < -0.39 is 12.3 Å². The molecule has 0 aliphatic heterocycles. The van der Waals surface area contributed by atoms with Crippen molar-refractivity contribution in [2.24, 2.45) is 0 Å². The van der Waals surface area contributed by atoms with Crippen molar-refractivity contribution in [2.45, 2.75) is 18.7 Å². The average molecular weight is 294 g/mol. The first-order valence-corrected chi connectivity index (χ1v) is 6.19. The van der Waals surface area contributed by atoms with Crippen LogP contribution in [0.4, 0.5) is 13.2 Å². The number of allylic oxidation sites excluding steroid dienone is 1. The number of rotatable bonds is 4. The topological polar surface area (TPSA) is 46.0 Å². The molecule has 0 fully saturated rings. The SMILES string of the molecule is C=CCc1ccccc1-c1ncc(C(O)C(F)(F)F)cn1. The Morgan fingerprint density at radius 1 is 1.19 bits per heavy atom. The summed E-state index contributed by atoms with van der Waals surface area (Å²) in [6.45, 7) is 3.66. The zero-order chi connectivity index (χ0) is 15.5. The third kappa shape index (κ3) is 3.46. The van der Waals surface area contributed by atoms with Gasteiger partial charge in [-0.15, -0.1) is 6.58 Å². The number of alkyl halides is 3. The van der Waals surface area contributed by atoms with Crippen molar-refractivity contribution in [3.8, 4) is 11.4 Å². The van der Waals surface area contributed by atoms with Gasteiger partial charge in [0, 0.05) is 23.5 Å². The summed E-state index contributed by atoms with van der Waals surface area (Å²) in [7, 11) is 0. The summed E-state index contributed by atoms with van der Waals surface area (Å²) in [4.78, 5) is 7.84. The maximum absolute atomic E-state index is 12.4. The van der Waals surface area contributed by atoms with Gasteiger partial charge < -0.3 is 5.11 Å². The van der Waals surface area contributed by atoms with E-state index in [1.54, 1.807) is 18.2 Å². The highest BCUT2D eigenvalue weighted by Gasteiger charge is 2.39. The van der Waals surface area contributed by atoms with Crippen molar-refractivity contribution in [1.82, 2.24) is 9.97 Å². The lowest BCUT2D eigenvalue weighted by molar-refractivity contribution is -0.206. The fraction of sp³-hybridized carbons (Fsp3) is 0.200. The van der Waals surface area contributed by atoms with Crippen LogP contribution in [0.15, 0.2) is 49.3 Å². The van der Waals surface area contributed by atoms with Gasteiger partial charge >= 0.3 is 6.18 Å². The van der Waals surface area contributed by atoms with E-state index in [9.17, 15) is 13.2 Å². The molecule has 0 saturated heterocycles. The third-order valence-electron chi connectivity index (χ3n) is 2.92. The van der Waals surface area contributed by atoms with Crippen molar-refractivity contribution in [3.05, 3.63) is 60.4 Å². The Balaban J connectivity index is 2.34. The summed E-state index contributed by atoms with van der Waals surface area (Å²) in [5, 5.41) is 9.14. The van der Waals surface area contributed by atoms with Crippen molar-refractivity contribution < 1.29 is 18.3 Å². The lowest BCUT2D eigenvalue weighted by atomic mass is 10.0. The number of nitrogens with zero attached hydrogens (tertiary/aromatic N) is 2. The van der Waals surface area contributed by atoms with E-state index in [4.69, 9.17) is 5.11 Å². The number of hydrogen-bond donors (Lipinski definition) is 1. The molecule has 0 spiro atoms. The molecule has 1 heterocycles. The van der Waals surface area contributed by atoms with Crippen LogP contribution < -0.4 is 0 Å². The first-order chi connectivity index (χ1) is 9.93. The average Bonchev–Trinajstić information content (AvgIpc) is 2.47. The third-order valence-corrected chi connectivity index (χ3v) is 2.92. The Kier molecular flexibility index (Phi) is 4.37. The van der Waals surface area contributed by atoms with Crippen molar-refractivity contribution in [1.29, 1.82) is 0 Å². The van der Waals surface area contributed by atoms with E-state index in [0.29, 0.717) is 12.2 Å². The Bertz CT molecular complexity index is 624. The molecule has 0 radical (unpaired) electrons. The Morgan fingerprint density at radius 2 is 1.81 bits per heavy atom. The smallest absolute Gasteiger partial charge is 0.379 e. The Morgan fingerprint density at radius 3 is 2.38 bits per heavy atom. The minimum Gasteiger partial charge on any atom is -0.379 e. The molecule has 2 rings (SSSR count). The van der Waals surface area contributed by atoms with Gasteiger partial charge in [0.15, 0.2) is 11.9 Å². The highest BCUT2D eigenvalue weighted by atomic mass is 19.4. The minimum absolute atomic E-state index is 0.311. The van der Waals surface area contributed by atoms with Crippen LogP contribution in [-0.4, -0.2) is 21.3 Å². The lowest BCUT2D eigenvalue weighted by Crippen LogP contribution is -2.20. The lowest BCUT2D eigenvalue weighted by Gasteiger charge is -2.14. The molecule has 0 saturated carbocycles. The number of aliphatic hydroxyl groups is 1. The molecule has 0 aliphatic carbocycles. The molecule has 0 aliphatic rings. The van der Waals surface area contributed by atoms with Crippen LogP contribution in [0.2, 0.25) is 0 Å². The molecule has 0 amide bonds. The predicted molar refractivity (Wildman–Crippen MR) is 72.4 cm³/mol. The number of aromatic nitrogens is 2. The van der Waals surface area contributed by atoms with Crippen molar-refractivity contribution in [2.75, 3.05) is 0 Å². The predicted octanol–water partition coefficient (Wildman–Crippen LogP) is 3.47. The molecule has 110 valence electrons. The monoisotopic (exact) mass is 294 g/mol. The standard InChI is InChI=1S/C15H13F3N2O/c1-2-5-10-6-3-4-7-12(10)14-19-8-11(9-20-14)13(21)15(16,17)18/h2-4,6-9,13,21H,1,5H2. The molecule has 1 N–H and O–H groups in total. The van der Waals surface area contributed by atoms with E-state index in [1.807, 2.05) is 12.1 Å². The van der Waals surface area contributed by atoms with E-state index in [0.717, 1.165) is 23.5 Å². The van der Waals surface area contributed by atoms with Crippen LogP contribution in [0.1, 0.15) is 17.2 Å². The van der Waals surface area contributed by atoms with E-state index in [2.05, 4.69) is 16.5 Å². The number of hydrogen-bond acceptors (Lipinski definition) is 3. The van der Waals surface area contributed by atoms with Crippen LogP contribution >= 0.6 is 0 Å². The van der Waals surface area contributed by atoms with Gasteiger partial charge in [0.2, 0.25) is 0 Å². The summed E-state index contributed by atoms with van der Waals surface area (Å²) in [6.07, 6.45) is -3.00. The molecular formula is C15H13F3N2O. The first-order valence-electron chi connectivity index (χ1n) is 6.19. The fourth-order valence-electron chi connectivity index (χ4n) is 1.88. The molecular weight excluding hydrogens is 281 g/mol. The van der Waals surface area contributed by atoms with Gasteiger partial charge in [-0.25, -0.2) is 9.97 Å². The molecule has 2 aromatic rings. The number of aliphatic hydroxyl groups excluding tert-OH is 1. The van der Waals surface area contributed by atoms with Gasteiger partial charge in [0.05, 0.1) is 0 Å². The second-order valence-electron chi connectivity index (χ2n) is 4.43. The van der Waals surface area contributed by atoms with Crippen LogP contribution in [0, 0.1) is 0 Å². The largest absolute Gasteiger partial charge is 0.418 e. The molecule has 0 bridgehead atoms. The van der Waals surface area contributed by atoms with E-state index in [-0.39, 0.29) is 5.56 Å². The molecule has 1 aromatic heterocycles. The van der Waals surface area contributed by atoms with Crippen LogP contribution in [0.3, 0.4) is 0 Å². The van der Waals surface area contributed by atoms with Gasteiger partial charge in [-0.2, -0.15) is 13.2 Å². The minimum atomic E-state index is -4.73. The highest BCUT2D eigenvalue weighted by Crippen LogP contribution is 2.32. The normalized spacial score (nSPS) is 13.0. The molecule has 21 heavy (non-hydrogen) atoms. The quantitative estimate of drug-likeness (QED) is 0.878. The summed E-state index contributed by atoms with van der Waals surface area (Å²) in [6, 6.07) is 7.31. The molecule has 1 atom stereocenters. The molecule has 3 nitrogen and oxygen atoms in total. The molecule has 6 heteroatoms. The Hall–Kier alpha value is -2.21. The Labute approximate surface area is 119 Å². The highest BCUT2D eigenvalue weighted by molar-refractivity contribution is 5.60. The summed E-state index contributed by atoms with van der Waals surface area (Å²) in [5.74, 6) is 0.311. The van der Waals surface area contributed by atoms with Gasteiger partial charge in [-0.3, -0.25) is 0 Å². The maximum atomic E-state index is 12.4. The maximum Gasteiger partial charge on any atom is 0.418 e. The summed E-state index contributed by atoms with van der Waals surface area (Å²) < 4.78 is 37.2. The van der Waals surface area contributed by atoms with Gasteiger partial charge in [-0.05, 0) is 12.0 Å². The van der Waals surface area contributed by atoms with Crippen LogP contribution in [0.25, 0.3) is 11.4 Å². The zero-order valence-electron chi connectivity index (χ0n) is 11.0. The first kappa shape index (κ1) is 15.2. The van der Waals surface area contributed by atoms with Crippen LogP contribution in [0.5, 0.6) is 0 Å². The fourth-order valence-corrected chi connectivity index (χ4v) is 1.88. The molecule has 1 aromatic carbocycles. The summed E-state index contributed by atoms with van der Waals surface area (Å²) in [5.41, 5.74) is 1.27. The van der Waals surface area contributed by atoms with E-state index >= 15 is 0 Å². The zero-order valence-corrected chi connectivity index (χ0v) is 11.0. The van der Waals surface area contributed by atoms with Gasteiger partial charge in [0.1, 0.15) is 0 Å².